The first-order valence-corrected chi connectivity index (χ1v) is 6.20. The first-order valence-electron chi connectivity index (χ1n) is 6.20. The summed E-state index contributed by atoms with van der Waals surface area (Å²) in [5.41, 5.74) is 0. The molecule has 0 N–H and O–H groups in total. The van der Waals surface area contributed by atoms with E-state index in [1.165, 1.54) is 0 Å². The minimum absolute atomic E-state index is 0.287. The number of hydrogen-bond donors (Lipinski definition) is 0. The van der Waals surface area contributed by atoms with Gasteiger partial charge >= 0.3 is 11.9 Å². The van der Waals surface area contributed by atoms with Crippen LogP contribution in [0.1, 0.15) is 13.8 Å². The summed E-state index contributed by atoms with van der Waals surface area (Å²) in [6.45, 7) is 4.22. The van der Waals surface area contributed by atoms with E-state index in [2.05, 4.69) is 0 Å². The number of hydrogen-bond acceptors (Lipinski definition) is 7. The van der Waals surface area contributed by atoms with Crippen molar-refractivity contribution in [2.45, 2.75) is 26.1 Å². The van der Waals surface area contributed by atoms with Crippen molar-refractivity contribution in [3.63, 3.8) is 0 Å². The fraction of sp³-hybridized carbons (Fsp3) is 0.833. The number of rotatable bonds is 0. The third kappa shape index (κ3) is 7.76. The molecule has 110 valence electrons. The normalized spacial score (nSPS) is 28.7. The zero-order valence-corrected chi connectivity index (χ0v) is 11.3. The van der Waals surface area contributed by atoms with Gasteiger partial charge in [-0.1, -0.05) is 0 Å². The maximum atomic E-state index is 11.3. The van der Waals surface area contributed by atoms with E-state index < -0.39 is 11.9 Å². The lowest BCUT2D eigenvalue weighted by Gasteiger charge is -2.13. The molecule has 1 fully saturated rings. The molecule has 1 aliphatic rings. The monoisotopic (exact) mass is 276 g/mol. The van der Waals surface area contributed by atoms with Gasteiger partial charge in [0.05, 0.1) is 26.4 Å². The molecule has 0 radical (unpaired) electrons. The van der Waals surface area contributed by atoms with Gasteiger partial charge in [-0.3, -0.25) is 0 Å². The number of carbonyl (C=O) groups is 2. The predicted molar refractivity (Wildman–Crippen MR) is 63.6 cm³/mol. The zero-order chi connectivity index (χ0) is 14.1. The van der Waals surface area contributed by atoms with Gasteiger partial charge in [-0.15, -0.1) is 0 Å². The molecule has 0 aromatic carbocycles. The first kappa shape index (κ1) is 15.9. The summed E-state index contributed by atoms with van der Waals surface area (Å²) in [6, 6.07) is 0. The molecule has 7 heteroatoms. The third-order valence-corrected chi connectivity index (χ3v) is 2.18. The third-order valence-electron chi connectivity index (χ3n) is 2.18. The van der Waals surface area contributed by atoms with Crippen molar-refractivity contribution in [1.29, 1.82) is 0 Å². The highest BCUT2D eigenvalue weighted by Crippen LogP contribution is 1.98. The van der Waals surface area contributed by atoms with Gasteiger partial charge in [-0.25, -0.2) is 9.59 Å². The highest BCUT2D eigenvalue weighted by Gasteiger charge is 2.14. The van der Waals surface area contributed by atoms with Crippen molar-refractivity contribution in [1.82, 2.24) is 0 Å². The van der Waals surface area contributed by atoms with Crippen LogP contribution in [0.4, 0.5) is 0 Å². The molecule has 1 saturated heterocycles. The van der Waals surface area contributed by atoms with Crippen LogP contribution in [0.3, 0.4) is 0 Å². The van der Waals surface area contributed by atoms with Gasteiger partial charge in [0.15, 0.2) is 0 Å². The highest BCUT2D eigenvalue weighted by atomic mass is 16.6. The molecule has 0 aliphatic carbocycles. The Kier molecular flexibility index (Phi) is 7.39. The Morgan fingerprint density at radius 3 is 1.63 bits per heavy atom. The maximum Gasteiger partial charge on any atom is 0.332 e. The number of ether oxygens (including phenoxy) is 5. The molecule has 0 bridgehead atoms. The molecule has 19 heavy (non-hydrogen) atoms. The molecule has 2 unspecified atom stereocenters. The lowest BCUT2D eigenvalue weighted by atomic mass is 10.4. The minimum atomic E-state index is -0.539. The Hall–Kier alpha value is -1.18. The van der Waals surface area contributed by atoms with Crippen LogP contribution in [-0.2, 0) is 33.3 Å². The van der Waals surface area contributed by atoms with Crippen molar-refractivity contribution in [2.24, 2.45) is 0 Å². The van der Waals surface area contributed by atoms with Crippen molar-refractivity contribution >= 4 is 11.9 Å². The molecule has 0 aromatic heterocycles. The van der Waals surface area contributed by atoms with Gasteiger partial charge in [0.1, 0.15) is 25.4 Å². The maximum absolute atomic E-state index is 11.3. The van der Waals surface area contributed by atoms with E-state index in [-0.39, 0.29) is 25.4 Å². The molecule has 0 aromatic rings. The topological polar surface area (TPSA) is 80.3 Å². The molecule has 0 saturated carbocycles. The largest absolute Gasteiger partial charge is 0.459 e. The van der Waals surface area contributed by atoms with Gasteiger partial charge in [0.25, 0.3) is 0 Å². The van der Waals surface area contributed by atoms with Gasteiger partial charge in [0.2, 0.25) is 0 Å². The van der Waals surface area contributed by atoms with Crippen LogP contribution in [-0.4, -0.2) is 63.8 Å². The Morgan fingerprint density at radius 1 is 0.789 bits per heavy atom. The lowest BCUT2D eigenvalue weighted by molar-refractivity contribution is -0.161. The Labute approximate surface area is 112 Å². The second kappa shape index (κ2) is 8.84. The second-order valence-corrected chi connectivity index (χ2v) is 4.24. The van der Waals surface area contributed by atoms with Crippen molar-refractivity contribution in [2.75, 3.05) is 39.6 Å². The van der Waals surface area contributed by atoms with Crippen molar-refractivity contribution < 1.29 is 33.3 Å². The van der Waals surface area contributed by atoms with Crippen LogP contribution >= 0.6 is 0 Å². The van der Waals surface area contributed by atoms with E-state index in [1.807, 2.05) is 0 Å². The minimum Gasteiger partial charge on any atom is -0.459 e. The standard InChI is InChI=1S/C12H20O7/c1-9-5-15-3-4-16-6-10(2)19-12(14)8-17-7-11(13)18-9/h9-10H,3-8H2,1-2H3. The molecule has 1 rings (SSSR count). The number of carbonyl (C=O) groups excluding carboxylic acids is 2. The summed E-state index contributed by atoms with van der Waals surface area (Å²) in [5, 5.41) is 0. The van der Waals surface area contributed by atoms with Crippen LogP contribution in [0.5, 0.6) is 0 Å². The first-order chi connectivity index (χ1) is 9.08. The van der Waals surface area contributed by atoms with Crippen molar-refractivity contribution in [3.8, 4) is 0 Å². The van der Waals surface area contributed by atoms with Gasteiger partial charge < -0.3 is 23.7 Å². The Bertz CT molecular complexity index is 264. The van der Waals surface area contributed by atoms with Crippen LogP contribution in [0.25, 0.3) is 0 Å². The molecular formula is C12H20O7. The second-order valence-electron chi connectivity index (χ2n) is 4.24. The Balaban J connectivity index is 2.41. The molecule has 2 atom stereocenters. The summed E-state index contributed by atoms with van der Waals surface area (Å²) < 4.78 is 25.5. The zero-order valence-electron chi connectivity index (χ0n) is 11.3. The average molecular weight is 276 g/mol. The number of cyclic esters (lactones) is 2. The van der Waals surface area contributed by atoms with E-state index in [4.69, 9.17) is 23.7 Å². The highest BCUT2D eigenvalue weighted by molar-refractivity contribution is 5.73. The van der Waals surface area contributed by atoms with Crippen molar-refractivity contribution in [3.05, 3.63) is 0 Å². The molecule has 0 spiro atoms. The summed E-state index contributed by atoms with van der Waals surface area (Å²) in [7, 11) is 0. The summed E-state index contributed by atoms with van der Waals surface area (Å²) >= 11 is 0. The summed E-state index contributed by atoms with van der Waals surface area (Å²) in [4.78, 5) is 22.6. The quantitative estimate of drug-likeness (QED) is 0.572. The molecular weight excluding hydrogens is 256 g/mol. The average Bonchev–Trinajstić information content (AvgIpc) is 2.32. The molecule has 0 amide bonds. The van der Waals surface area contributed by atoms with Crippen LogP contribution < -0.4 is 0 Å². The van der Waals surface area contributed by atoms with E-state index in [1.54, 1.807) is 13.8 Å². The van der Waals surface area contributed by atoms with E-state index in [9.17, 15) is 9.59 Å². The Morgan fingerprint density at radius 2 is 1.21 bits per heavy atom. The van der Waals surface area contributed by atoms with E-state index in [0.29, 0.717) is 26.4 Å². The number of esters is 2. The molecule has 7 nitrogen and oxygen atoms in total. The van der Waals surface area contributed by atoms with E-state index in [0.717, 1.165) is 0 Å². The van der Waals surface area contributed by atoms with Gasteiger partial charge in [-0.05, 0) is 13.8 Å². The summed E-state index contributed by atoms with van der Waals surface area (Å²) in [6.07, 6.45) is -0.737. The molecule has 1 heterocycles. The fourth-order valence-electron chi connectivity index (χ4n) is 1.42. The molecule has 1 aliphatic heterocycles. The SMILES string of the molecule is CC1COCCOCC(C)OC(=O)COCC(=O)O1. The summed E-state index contributed by atoms with van der Waals surface area (Å²) in [5.74, 6) is -1.08. The smallest absolute Gasteiger partial charge is 0.332 e. The van der Waals surface area contributed by atoms with Crippen LogP contribution in [0.15, 0.2) is 0 Å². The van der Waals surface area contributed by atoms with E-state index >= 15 is 0 Å². The van der Waals surface area contributed by atoms with Gasteiger partial charge in [-0.2, -0.15) is 0 Å². The van der Waals surface area contributed by atoms with Crippen LogP contribution in [0, 0.1) is 0 Å². The fourth-order valence-corrected chi connectivity index (χ4v) is 1.42. The van der Waals surface area contributed by atoms with Gasteiger partial charge in [0, 0.05) is 0 Å². The lowest BCUT2D eigenvalue weighted by Crippen LogP contribution is -2.25. The predicted octanol–water partition coefficient (Wildman–Crippen LogP) is -0.0868. The van der Waals surface area contributed by atoms with Crippen LogP contribution in [0.2, 0.25) is 0 Å².